The Morgan fingerprint density at radius 1 is 1.24 bits per heavy atom. The van der Waals surface area contributed by atoms with E-state index in [9.17, 15) is 4.79 Å². The van der Waals surface area contributed by atoms with Crippen LogP contribution in [-0.2, 0) is 9.53 Å². The van der Waals surface area contributed by atoms with Gasteiger partial charge in [-0.1, -0.05) is 30.3 Å². The molecule has 1 aliphatic heterocycles. The van der Waals surface area contributed by atoms with Gasteiger partial charge >= 0.3 is 0 Å². The Morgan fingerprint density at radius 3 is 2.52 bits per heavy atom. The molecule has 116 valence electrons. The predicted octanol–water partition coefficient (Wildman–Crippen LogP) is 0.738. The number of piperazine rings is 1. The number of hydrogen-bond acceptors (Lipinski definition) is 4. The van der Waals surface area contributed by atoms with Crippen molar-refractivity contribution >= 4 is 5.91 Å². The molecule has 1 aliphatic rings. The van der Waals surface area contributed by atoms with Crippen LogP contribution in [0.15, 0.2) is 30.3 Å². The predicted molar refractivity (Wildman–Crippen MR) is 83.1 cm³/mol. The Hall–Kier alpha value is -1.43. The zero-order valence-corrected chi connectivity index (χ0v) is 12.9. The van der Waals surface area contributed by atoms with Gasteiger partial charge in [0.05, 0.1) is 19.2 Å². The van der Waals surface area contributed by atoms with Crippen LogP contribution in [0.3, 0.4) is 0 Å². The number of nitrogens with one attached hydrogen (secondary N) is 1. The van der Waals surface area contributed by atoms with Gasteiger partial charge in [-0.3, -0.25) is 10.1 Å². The third-order valence-electron chi connectivity index (χ3n) is 3.89. The summed E-state index contributed by atoms with van der Waals surface area (Å²) in [6.07, 6.45) is 0. The second kappa shape index (κ2) is 8.12. The number of nitrogens with zero attached hydrogens (tertiary/aromatic N) is 2. The highest BCUT2D eigenvalue weighted by Crippen LogP contribution is 2.12. The lowest BCUT2D eigenvalue weighted by atomic mass is 10.1. The molecular formula is C16H25N3O2. The van der Waals surface area contributed by atoms with E-state index >= 15 is 0 Å². The van der Waals surface area contributed by atoms with E-state index in [1.807, 2.05) is 23.1 Å². The SMILES string of the molecule is COC[C@@H](NCC(=O)N1CCN(C)CC1)c1ccccc1. The number of hydrogen-bond donors (Lipinski definition) is 1. The molecule has 1 amide bonds. The second-order valence-electron chi connectivity index (χ2n) is 5.48. The first kappa shape index (κ1) is 15.9. The molecule has 0 bridgehead atoms. The summed E-state index contributed by atoms with van der Waals surface area (Å²) in [6, 6.07) is 10.1. The van der Waals surface area contributed by atoms with E-state index in [-0.39, 0.29) is 11.9 Å². The molecule has 0 saturated carbocycles. The van der Waals surface area contributed by atoms with Gasteiger partial charge in [-0.05, 0) is 12.6 Å². The molecular weight excluding hydrogens is 266 g/mol. The lowest BCUT2D eigenvalue weighted by molar-refractivity contribution is -0.132. The molecule has 0 unspecified atom stereocenters. The van der Waals surface area contributed by atoms with Crippen LogP contribution in [0.1, 0.15) is 11.6 Å². The largest absolute Gasteiger partial charge is 0.383 e. The fraction of sp³-hybridized carbons (Fsp3) is 0.562. The Bertz CT molecular complexity index is 430. The van der Waals surface area contributed by atoms with Gasteiger partial charge in [0.15, 0.2) is 0 Å². The third-order valence-corrected chi connectivity index (χ3v) is 3.89. The van der Waals surface area contributed by atoms with E-state index in [1.165, 1.54) is 0 Å². The highest BCUT2D eigenvalue weighted by atomic mass is 16.5. The van der Waals surface area contributed by atoms with Crippen molar-refractivity contribution in [3.05, 3.63) is 35.9 Å². The molecule has 1 aromatic rings. The average Bonchev–Trinajstić information content (AvgIpc) is 2.52. The molecule has 21 heavy (non-hydrogen) atoms. The van der Waals surface area contributed by atoms with E-state index in [4.69, 9.17) is 4.74 Å². The van der Waals surface area contributed by atoms with Crippen LogP contribution in [0.2, 0.25) is 0 Å². The first-order chi connectivity index (χ1) is 10.2. The minimum atomic E-state index is 0.0487. The second-order valence-corrected chi connectivity index (χ2v) is 5.48. The topological polar surface area (TPSA) is 44.8 Å². The van der Waals surface area contributed by atoms with E-state index in [2.05, 4.69) is 29.4 Å². The molecule has 1 atom stereocenters. The van der Waals surface area contributed by atoms with E-state index in [0.717, 1.165) is 31.7 Å². The first-order valence-corrected chi connectivity index (χ1v) is 7.44. The Labute approximate surface area is 126 Å². The van der Waals surface area contributed by atoms with Crippen molar-refractivity contribution in [3.63, 3.8) is 0 Å². The maximum atomic E-state index is 12.2. The Morgan fingerprint density at radius 2 is 1.90 bits per heavy atom. The van der Waals surface area contributed by atoms with Crippen LogP contribution in [-0.4, -0.2) is 69.2 Å². The Kier molecular flexibility index (Phi) is 6.17. The number of rotatable bonds is 6. The molecule has 0 aromatic heterocycles. The van der Waals surface area contributed by atoms with Crippen LogP contribution in [0.4, 0.5) is 0 Å². The number of carbonyl (C=O) groups excluding carboxylic acids is 1. The maximum Gasteiger partial charge on any atom is 0.236 e. The van der Waals surface area contributed by atoms with Crippen LogP contribution in [0, 0.1) is 0 Å². The molecule has 1 heterocycles. The molecule has 1 saturated heterocycles. The fourth-order valence-electron chi connectivity index (χ4n) is 2.50. The van der Waals surface area contributed by atoms with Crippen LogP contribution >= 0.6 is 0 Å². The number of methoxy groups -OCH3 is 1. The fourth-order valence-corrected chi connectivity index (χ4v) is 2.50. The minimum absolute atomic E-state index is 0.0487. The number of carbonyl (C=O) groups is 1. The van der Waals surface area contributed by atoms with Gasteiger partial charge in [-0.25, -0.2) is 0 Å². The van der Waals surface area contributed by atoms with Gasteiger partial charge in [-0.2, -0.15) is 0 Å². The summed E-state index contributed by atoms with van der Waals surface area (Å²) in [7, 11) is 3.77. The van der Waals surface area contributed by atoms with Crippen LogP contribution in [0.25, 0.3) is 0 Å². The van der Waals surface area contributed by atoms with Gasteiger partial charge in [0.1, 0.15) is 0 Å². The summed E-state index contributed by atoms with van der Waals surface area (Å²) in [4.78, 5) is 16.4. The van der Waals surface area contributed by atoms with Crippen molar-refractivity contribution < 1.29 is 9.53 Å². The molecule has 5 nitrogen and oxygen atoms in total. The van der Waals surface area contributed by atoms with Gasteiger partial charge in [0, 0.05) is 33.3 Å². The summed E-state index contributed by atoms with van der Waals surface area (Å²) in [6.45, 7) is 4.44. The molecule has 0 radical (unpaired) electrons. The van der Waals surface area contributed by atoms with Crippen molar-refractivity contribution in [2.75, 3.05) is 53.5 Å². The van der Waals surface area contributed by atoms with Crippen molar-refractivity contribution in [2.45, 2.75) is 6.04 Å². The van der Waals surface area contributed by atoms with E-state index in [1.54, 1.807) is 7.11 Å². The minimum Gasteiger partial charge on any atom is -0.383 e. The summed E-state index contributed by atoms with van der Waals surface area (Å²) < 4.78 is 5.26. The zero-order chi connectivity index (χ0) is 15.1. The number of ether oxygens (including phenoxy) is 1. The molecule has 2 rings (SSSR count). The zero-order valence-electron chi connectivity index (χ0n) is 12.9. The molecule has 0 spiro atoms. The molecule has 5 heteroatoms. The third kappa shape index (κ3) is 4.81. The average molecular weight is 291 g/mol. The molecule has 1 fully saturated rings. The van der Waals surface area contributed by atoms with E-state index < -0.39 is 0 Å². The lowest BCUT2D eigenvalue weighted by Gasteiger charge is -2.33. The number of likely N-dealkylation sites (N-methyl/N-ethyl adjacent to an activating group) is 1. The van der Waals surface area contributed by atoms with Crippen molar-refractivity contribution in [1.82, 2.24) is 15.1 Å². The van der Waals surface area contributed by atoms with Gasteiger partial charge in [0.2, 0.25) is 5.91 Å². The Balaban J connectivity index is 1.85. The summed E-state index contributed by atoms with van der Waals surface area (Å²) in [5.74, 6) is 0.167. The van der Waals surface area contributed by atoms with Gasteiger partial charge < -0.3 is 14.5 Å². The van der Waals surface area contributed by atoms with E-state index in [0.29, 0.717) is 13.2 Å². The molecule has 1 aromatic carbocycles. The quantitative estimate of drug-likeness (QED) is 0.839. The number of benzene rings is 1. The smallest absolute Gasteiger partial charge is 0.236 e. The number of amides is 1. The van der Waals surface area contributed by atoms with Crippen molar-refractivity contribution in [3.8, 4) is 0 Å². The monoisotopic (exact) mass is 291 g/mol. The summed E-state index contributed by atoms with van der Waals surface area (Å²) in [5, 5.41) is 3.32. The van der Waals surface area contributed by atoms with Gasteiger partial charge in [-0.15, -0.1) is 0 Å². The van der Waals surface area contributed by atoms with Crippen LogP contribution in [0.5, 0.6) is 0 Å². The molecule has 1 N–H and O–H groups in total. The molecule has 0 aliphatic carbocycles. The summed E-state index contributed by atoms with van der Waals surface area (Å²) in [5.41, 5.74) is 1.14. The standard InChI is InChI=1S/C16H25N3O2/c1-18-8-10-19(11-9-18)16(20)12-17-15(13-21-2)14-6-4-3-5-7-14/h3-7,15,17H,8-13H2,1-2H3/t15-/m1/s1. The van der Waals surface area contributed by atoms with Crippen molar-refractivity contribution in [1.29, 1.82) is 0 Å². The highest BCUT2D eigenvalue weighted by molar-refractivity contribution is 5.78. The van der Waals surface area contributed by atoms with Crippen LogP contribution < -0.4 is 5.32 Å². The van der Waals surface area contributed by atoms with Crippen molar-refractivity contribution in [2.24, 2.45) is 0 Å². The first-order valence-electron chi connectivity index (χ1n) is 7.44. The maximum absolute atomic E-state index is 12.2. The highest BCUT2D eigenvalue weighted by Gasteiger charge is 2.20. The van der Waals surface area contributed by atoms with Gasteiger partial charge in [0.25, 0.3) is 0 Å². The normalized spacial score (nSPS) is 17.7. The lowest BCUT2D eigenvalue weighted by Crippen LogP contribution is -2.49. The summed E-state index contributed by atoms with van der Waals surface area (Å²) >= 11 is 0.